The van der Waals surface area contributed by atoms with E-state index in [0.29, 0.717) is 13.2 Å². The highest BCUT2D eigenvalue weighted by Gasteiger charge is 2.13. The van der Waals surface area contributed by atoms with Crippen molar-refractivity contribution in [2.75, 3.05) is 20.2 Å². The summed E-state index contributed by atoms with van der Waals surface area (Å²) in [6.45, 7) is 5.99. The lowest BCUT2D eigenvalue weighted by Gasteiger charge is -2.26. The number of aliphatic hydroxyl groups is 1. The van der Waals surface area contributed by atoms with Crippen LogP contribution in [0.25, 0.3) is 0 Å². The molecule has 0 aliphatic rings. The third-order valence-electron chi connectivity index (χ3n) is 3.09. The van der Waals surface area contributed by atoms with Crippen molar-refractivity contribution in [3.63, 3.8) is 0 Å². The van der Waals surface area contributed by atoms with Crippen molar-refractivity contribution in [1.82, 2.24) is 4.90 Å². The summed E-state index contributed by atoms with van der Waals surface area (Å²) in [7, 11) is 2.00. The summed E-state index contributed by atoms with van der Waals surface area (Å²) in [5, 5.41) is 9.44. The zero-order valence-corrected chi connectivity index (χ0v) is 11.0. The Morgan fingerprint density at radius 1 is 1.24 bits per heavy atom. The lowest BCUT2D eigenvalue weighted by Crippen LogP contribution is -2.39. The number of ether oxygens (including phenoxy) is 1. The average Bonchev–Trinajstić information content (AvgIpc) is 2.34. The molecular formula is C14H23NO2. The number of nitrogens with zero attached hydrogens (tertiary/aromatic N) is 1. The van der Waals surface area contributed by atoms with Gasteiger partial charge in [0.15, 0.2) is 0 Å². The van der Waals surface area contributed by atoms with E-state index in [2.05, 4.69) is 17.0 Å². The maximum Gasteiger partial charge on any atom is 0.0717 e. The van der Waals surface area contributed by atoms with Gasteiger partial charge in [-0.1, -0.05) is 30.3 Å². The Hall–Kier alpha value is -0.900. The van der Waals surface area contributed by atoms with E-state index in [1.54, 1.807) is 0 Å². The maximum atomic E-state index is 9.44. The van der Waals surface area contributed by atoms with Crippen LogP contribution in [0.2, 0.25) is 0 Å². The highest BCUT2D eigenvalue weighted by molar-refractivity contribution is 5.13. The number of hydrogen-bond donors (Lipinski definition) is 1. The monoisotopic (exact) mass is 237 g/mol. The first-order valence-electron chi connectivity index (χ1n) is 6.11. The van der Waals surface area contributed by atoms with E-state index in [1.165, 1.54) is 5.56 Å². The van der Waals surface area contributed by atoms with Crippen molar-refractivity contribution in [1.29, 1.82) is 0 Å². The van der Waals surface area contributed by atoms with Crippen molar-refractivity contribution in [2.24, 2.45) is 0 Å². The van der Waals surface area contributed by atoms with Crippen LogP contribution in [0.15, 0.2) is 30.3 Å². The molecule has 3 nitrogen and oxygen atoms in total. The third-order valence-corrected chi connectivity index (χ3v) is 3.09. The van der Waals surface area contributed by atoms with Gasteiger partial charge in [-0.2, -0.15) is 0 Å². The summed E-state index contributed by atoms with van der Waals surface area (Å²) in [5.74, 6) is 0. The van der Waals surface area contributed by atoms with Crippen LogP contribution in [-0.2, 0) is 11.3 Å². The second kappa shape index (κ2) is 7.43. The second-order valence-corrected chi connectivity index (χ2v) is 4.50. The average molecular weight is 237 g/mol. The largest absolute Gasteiger partial charge is 0.392 e. The van der Waals surface area contributed by atoms with Gasteiger partial charge in [0.25, 0.3) is 0 Å². The maximum absolute atomic E-state index is 9.44. The van der Waals surface area contributed by atoms with Crippen LogP contribution in [0.4, 0.5) is 0 Å². The number of likely N-dealkylation sites (N-methyl/N-ethyl adjacent to an activating group) is 1. The van der Waals surface area contributed by atoms with Crippen molar-refractivity contribution in [2.45, 2.75) is 32.6 Å². The van der Waals surface area contributed by atoms with E-state index in [-0.39, 0.29) is 12.1 Å². The molecule has 0 spiro atoms. The fourth-order valence-electron chi connectivity index (χ4n) is 1.54. The summed E-state index contributed by atoms with van der Waals surface area (Å²) >= 11 is 0. The molecule has 0 aliphatic carbocycles. The van der Waals surface area contributed by atoms with E-state index in [1.807, 2.05) is 39.1 Å². The van der Waals surface area contributed by atoms with Crippen LogP contribution in [0.5, 0.6) is 0 Å². The molecule has 0 bridgehead atoms. The summed E-state index contributed by atoms with van der Waals surface area (Å²) in [4.78, 5) is 2.11. The molecule has 1 aromatic rings. The van der Waals surface area contributed by atoms with Gasteiger partial charge in [0.1, 0.15) is 0 Å². The first-order chi connectivity index (χ1) is 8.11. The summed E-state index contributed by atoms with van der Waals surface area (Å²) < 4.78 is 5.60. The molecular weight excluding hydrogens is 214 g/mol. The molecule has 1 aromatic carbocycles. The molecule has 2 unspecified atom stereocenters. The summed E-state index contributed by atoms with van der Waals surface area (Å²) in [6, 6.07) is 10.3. The van der Waals surface area contributed by atoms with Gasteiger partial charge in [0.05, 0.1) is 19.3 Å². The second-order valence-electron chi connectivity index (χ2n) is 4.50. The SMILES string of the molecule is CC(O)C(C)N(C)CCOCc1ccccc1. The fourth-order valence-corrected chi connectivity index (χ4v) is 1.54. The zero-order chi connectivity index (χ0) is 12.7. The van der Waals surface area contributed by atoms with Crippen LogP contribution in [0, 0.1) is 0 Å². The minimum Gasteiger partial charge on any atom is -0.392 e. The smallest absolute Gasteiger partial charge is 0.0717 e. The lowest BCUT2D eigenvalue weighted by molar-refractivity contribution is 0.0514. The molecule has 1 N–H and O–H groups in total. The first-order valence-corrected chi connectivity index (χ1v) is 6.11. The molecule has 1 rings (SSSR count). The predicted octanol–water partition coefficient (Wildman–Crippen LogP) is 1.90. The molecule has 96 valence electrons. The van der Waals surface area contributed by atoms with Crippen molar-refractivity contribution < 1.29 is 9.84 Å². The summed E-state index contributed by atoms with van der Waals surface area (Å²) in [5.41, 5.74) is 1.19. The van der Waals surface area contributed by atoms with E-state index in [4.69, 9.17) is 4.74 Å². The minimum absolute atomic E-state index is 0.162. The molecule has 17 heavy (non-hydrogen) atoms. The van der Waals surface area contributed by atoms with Gasteiger partial charge >= 0.3 is 0 Å². The molecule has 0 aromatic heterocycles. The number of aliphatic hydroxyl groups excluding tert-OH is 1. The Bertz CT molecular complexity index is 300. The van der Waals surface area contributed by atoms with Crippen LogP contribution < -0.4 is 0 Å². The fraction of sp³-hybridized carbons (Fsp3) is 0.571. The molecule has 2 atom stereocenters. The van der Waals surface area contributed by atoms with Crippen LogP contribution in [0.3, 0.4) is 0 Å². The normalized spacial score (nSPS) is 14.9. The van der Waals surface area contributed by atoms with Crippen molar-refractivity contribution in [3.8, 4) is 0 Å². The van der Waals surface area contributed by atoms with E-state index < -0.39 is 0 Å². The number of benzene rings is 1. The highest BCUT2D eigenvalue weighted by atomic mass is 16.5. The van der Waals surface area contributed by atoms with Crippen molar-refractivity contribution >= 4 is 0 Å². The minimum atomic E-state index is -0.311. The van der Waals surface area contributed by atoms with Gasteiger partial charge in [-0.3, -0.25) is 4.90 Å². The topological polar surface area (TPSA) is 32.7 Å². The predicted molar refractivity (Wildman–Crippen MR) is 69.9 cm³/mol. The third kappa shape index (κ3) is 5.31. The zero-order valence-electron chi connectivity index (χ0n) is 11.0. The van der Waals surface area contributed by atoms with Gasteiger partial charge in [0.2, 0.25) is 0 Å². The summed E-state index contributed by atoms with van der Waals surface area (Å²) in [6.07, 6.45) is -0.311. The van der Waals surface area contributed by atoms with Crippen LogP contribution >= 0.6 is 0 Å². The highest BCUT2D eigenvalue weighted by Crippen LogP contribution is 2.03. The Labute approximate surface area is 104 Å². The van der Waals surface area contributed by atoms with Gasteiger partial charge < -0.3 is 9.84 Å². The lowest BCUT2D eigenvalue weighted by atomic mass is 10.2. The van der Waals surface area contributed by atoms with E-state index in [0.717, 1.165) is 6.54 Å². The molecule has 0 saturated carbocycles. The van der Waals surface area contributed by atoms with Gasteiger partial charge in [-0.15, -0.1) is 0 Å². The number of rotatable bonds is 7. The van der Waals surface area contributed by atoms with Gasteiger partial charge in [-0.05, 0) is 26.5 Å². The van der Waals surface area contributed by atoms with Gasteiger partial charge in [0, 0.05) is 12.6 Å². The first kappa shape index (κ1) is 14.2. The van der Waals surface area contributed by atoms with Crippen LogP contribution in [0.1, 0.15) is 19.4 Å². The molecule has 0 saturated heterocycles. The van der Waals surface area contributed by atoms with Crippen LogP contribution in [-0.4, -0.2) is 42.4 Å². The molecule has 0 radical (unpaired) electrons. The number of hydrogen-bond acceptors (Lipinski definition) is 3. The molecule has 0 amide bonds. The molecule has 0 heterocycles. The Balaban J connectivity index is 2.16. The molecule has 3 heteroatoms. The molecule has 0 fully saturated rings. The Kier molecular flexibility index (Phi) is 6.19. The van der Waals surface area contributed by atoms with Gasteiger partial charge in [-0.25, -0.2) is 0 Å². The van der Waals surface area contributed by atoms with E-state index >= 15 is 0 Å². The quantitative estimate of drug-likeness (QED) is 0.735. The van der Waals surface area contributed by atoms with Crippen molar-refractivity contribution in [3.05, 3.63) is 35.9 Å². The molecule has 0 aliphatic heterocycles. The standard InChI is InChI=1S/C14H23NO2/c1-12(13(2)16)15(3)9-10-17-11-14-7-5-4-6-8-14/h4-8,12-13,16H,9-11H2,1-3H3. The van der Waals surface area contributed by atoms with E-state index in [9.17, 15) is 5.11 Å². The Morgan fingerprint density at radius 2 is 1.88 bits per heavy atom. The Morgan fingerprint density at radius 3 is 2.47 bits per heavy atom.